The van der Waals surface area contributed by atoms with Gasteiger partial charge < -0.3 is 21.1 Å². The first-order valence-corrected chi connectivity index (χ1v) is 26.0. The van der Waals surface area contributed by atoms with E-state index in [0.29, 0.717) is 6.42 Å². The van der Waals surface area contributed by atoms with Gasteiger partial charge in [-0.3, -0.25) is 13.8 Å². The summed E-state index contributed by atoms with van der Waals surface area (Å²) in [5.74, 6) is -0.199. The Morgan fingerprint density at radius 3 is 1.35 bits per heavy atom. The van der Waals surface area contributed by atoms with Crippen LogP contribution in [0.5, 0.6) is 0 Å². The second-order valence-corrected chi connectivity index (χ2v) is 18.1. The summed E-state index contributed by atoms with van der Waals surface area (Å²) >= 11 is 0. The van der Waals surface area contributed by atoms with Crippen LogP contribution in [0.1, 0.15) is 245 Å². The van der Waals surface area contributed by atoms with Gasteiger partial charge >= 0.3 is 7.82 Å². The van der Waals surface area contributed by atoms with Gasteiger partial charge in [-0.05, 0) is 32.1 Å². The standard InChI is InChI=1S/C48H95N2O6P/c1-3-5-7-9-11-13-15-17-19-21-23-24-25-27-29-31-33-35-37-39-41-47(51)46(45-56-57(53,54)55-44-43-49)50-48(52)42-40-38-36-34-32-30-28-26-22-20-18-16-14-12-10-8-6-4-2/h31,33,39,41,46-47,51H,3-30,32,34-38,40,42-45,49H2,1-2H3,(H,50,52)(H,53,54)/b33-31+,41-39+. The van der Waals surface area contributed by atoms with E-state index in [2.05, 4.69) is 31.3 Å². The Morgan fingerprint density at radius 1 is 0.561 bits per heavy atom. The molecule has 3 atom stereocenters. The molecule has 0 radical (unpaired) electrons. The van der Waals surface area contributed by atoms with Crippen molar-refractivity contribution in [2.24, 2.45) is 5.73 Å². The maximum Gasteiger partial charge on any atom is 0.472 e. The van der Waals surface area contributed by atoms with Crippen LogP contribution in [-0.4, -0.2) is 47.8 Å². The number of nitrogens with two attached hydrogens (primary N) is 1. The first-order valence-electron chi connectivity index (χ1n) is 24.5. The molecule has 0 bridgehead atoms. The number of allylic oxidation sites excluding steroid dienone is 3. The monoisotopic (exact) mass is 827 g/mol. The summed E-state index contributed by atoms with van der Waals surface area (Å²) in [6, 6.07) is -0.873. The molecule has 9 heteroatoms. The number of rotatable bonds is 46. The van der Waals surface area contributed by atoms with Crippen LogP contribution in [0.15, 0.2) is 24.3 Å². The maximum absolute atomic E-state index is 12.8. The second-order valence-electron chi connectivity index (χ2n) is 16.7. The van der Waals surface area contributed by atoms with Gasteiger partial charge in [-0.15, -0.1) is 0 Å². The van der Waals surface area contributed by atoms with Crippen molar-refractivity contribution in [2.75, 3.05) is 19.8 Å². The first-order chi connectivity index (χ1) is 27.9. The van der Waals surface area contributed by atoms with Crippen molar-refractivity contribution in [1.82, 2.24) is 5.32 Å². The average Bonchev–Trinajstić information content (AvgIpc) is 3.20. The number of phosphoric acid groups is 1. The lowest BCUT2D eigenvalue weighted by Gasteiger charge is -2.23. The van der Waals surface area contributed by atoms with Crippen molar-refractivity contribution < 1.29 is 28.4 Å². The van der Waals surface area contributed by atoms with E-state index < -0.39 is 20.0 Å². The molecular weight excluding hydrogens is 732 g/mol. The van der Waals surface area contributed by atoms with Crippen LogP contribution in [-0.2, 0) is 18.4 Å². The van der Waals surface area contributed by atoms with E-state index in [1.807, 2.05) is 6.08 Å². The van der Waals surface area contributed by atoms with E-state index in [9.17, 15) is 19.4 Å². The minimum atomic E-state index is -4.35. The number of nitrogens with one attached hydrogen (secondary N) is 1. The zero-order valence-electron chi connectivity index (χ0n) is 37.6. The predicted molar refractivity (Wildman–Crippen MR) is 245 cm³/mol. The Labute approximate surface area is 353 Å². The number of aliphatic hydroxyl groups excluding tert-OH is 1. The molecule has 57 heavy (non-hydrogen) atoms. The zero-order chi connectivity index (χ0) is 41.8. The molecule has 0 aliphatic heterocycles. The Balaban J connectivity index is 4.16. The van der Waals surface area contributed by atoms with E-state index in [0.717, 1.165) is 38.5 Å². The molecule has 0 saturated carbocycles. The zero-order valence-corrected chi connectivity index (χ0v) is 38.5. The summed E-state index contributed by atoms with van der Waals surface area (Å²) in [4.78, 5) is 22.8. The molecule has 0 aliphatic carbocycles. The minimum Gasteiger partial charge on any atom is -0.387 e. The highest BCUT2D eigenvalue weighted by molar-refractivity contribution is 7.47. The van der Waals surface area contributed by atoms with Gasteiger partial charge in [0.15, 0.2) is 0 Å². The quantitative estimate of drug-likeness (QED) is 0.0273. The summed E-state index contributed by atoms with van der Waals surface area (Å²) in [6.45, 7) is 4.15. The molecule has 0 aliphatic rings. The number of aliphatic hydroxyl groups is 1. The highest BCUT2D eigenvalue weighted by atomic mass is 31.2. The normalized spacial score (nSPS) is 14.1. The molecule has 5 N–H and O–H groups in total. The fraction of sp³-hybridized carbons (Fsp3) is 0.896. The number of amides is 1. The fourth-order valence-corrected chi connectivity index (χ4v) is 8.09. The summed E-state index contributed by atoms with van der Waals surface area (Å²) in [5, 5.41) is 13.7. The second kappa shape index (κ2) is 44.5. The van der Waals surface area contributed by atoms with E-state index in [-0.39, 0.29) is 25.7 Å². The molecule has 0 aromatic rings. The smallest absolute Gasteiger partial charge is 0.387 e. The van der Waals surface area contributed by atoms with Crippen molar-refractivity contribution in [3.63, 3.8) is 0 Å². The molecule has 0 spiro atoms. The number of hydrogen-bond donors (Lipinski definition) is 4. The van der Waals surface area contributed by atoms with Crippen LogP contribution in [0, 0.1) is 0 Å². The number of carbonyl (C=O) groups excluding carboxylic acids is 1. The van der Waals surface area contributed by atoms with Crippen molar-refractivity contribution in [3.05, 3.63) is 24.3 Å². The molecule has 0 fully saturated rings. The molecule has 0 rings (SSSR count). The lowest BCUT2D eigenvalue weighted by Crippen LogP contribution is -2.45. The van der Waals surface area contributed by atoms with Crippen molar-refractivity contribution in [3.8, 4) is 0 Å². The van der Waals surface area contributed by atoms with Crippen molar-refractivity contribution >= 4 is 13.7 Å². The van der Waals surface area contributed by atoms with E-state index >= 15 is 0 Å². The fourth-order valence-electron chi connectivity index (χ4n) is 7.33. The molecule has 8 nitrogen and oxygen atoms in total. The van der Waals surface area contributed by atoms with Crippen LogP contribution in [0.25, 0.3) is 0 Å². The molecule has 0 saturated heterocycles. The largest absolute Gasteiger partial charge is 0.472 e. The molecule has 1 amide bonds. The summed E-state index contributed by atoms with van der Waals surface area (Å²) < 4.78 is 22.2. The van der Waals surface area contributed by atoms with E-state index in [1.165, 1.54) is 186 Å². The number of carbonyl (C=O) groups is 1. The molecule has 338 valence electrons. The Kier molecular flexibility index (Phi) is 43.7. The summed E-state index contributed by atoms with van der Waals surface area (Å²) in [5.41, 5.74) is 5.38. The van der Waals surface area contributed by atoms with Gasteiger partial charge in [-0.2, -0.15) is 0 Å². The van der Waals surface area contributed by atoms with Gasteiger partial charge in [0.25, 0.3) is 0 Å². The van der Waals surface area contributed by atoms with Crippen LogP contribution >= 0.6 is 7.82 Å². The van der Waals surface area contributed by atoms with Crippen LogP contribution in [0.4, 0.5) is 0 Å². The van der Waals surface area contributed by atoms with Gasteiger partial charge in [0.05, 0.1) is 25.4 Å². The third-order valence-electron chi connectivity index (χ3n) is 11.0. The average molecular weight is 827 g/mol. The third kappa shape index (κ3) is 42.9. The third-order valence-corrected chi connectivity index (χ3v) is 12.0. The Morgan fingerprint density at radius 2 is 0.930 bits per heavy atom. The van der Waals surface area contributed by atoms with Gasteiger partial charge in [-0.25, -0.2) is 4.57 Å². The van der Waals surface area contributed by atoms with Crippen molar-refractivity contribution in [2.45, 2.75) is 257 Å². The van der Waals surface area contributed by atoms with Gasteiger partial charge in [0.2, 0.25) is 5.91 Å². The van der Waals surface area contributed by atoms with Gasteiger partial charge in [-0.1, -0.05) is 231 Å². The van der Waals surface area contributed by atoms with Crippen LogP contribution in [0.3, 0.4) is 0 Å². The number of hydrogen-bond acceptors (Lipinski definition) is 6. The topological polar surface area (TPSA) is 131 Å². The SMILES string of the molecule is CCCCCCCCCCCCCCCC/C=C/CC/C=C/C(O)C(COP(=O)(O)OCCN)NC(=O)CCCCCCCCCCCCCCCCCCCC. The maximum atomic E-state index is 12.8. The highest BCUT2D eigenvalue weighted by Crippen LogP contribution is 2.43. The van der Waals surface area contributed by atoms with Gasteiger partial charge in [0.1, 0.15) is 0 Å². The summed E-state index contributed by atoms with van der Waals surface area (Å²) in [6.07, 6.45) is 52.4. The summed E-state index contributed by atoms with van der Waals surface area (Å²) in [7, 11) is -4.35. The predicted octanol–water partition coefficient (Wildman–Crippen LogP) is 14.1. The van der Waals surface area contributed by atoms with E-state index in [4.69, 9.17) is 14.8 Å². The van der Waals surface area contributed by atoms with E-state index in [1.54, 1.807) is 6.08 Å². The van der Waals surface area contributed by atoms with Crippen LogP contribution in [0.2, 0.25) is 0 Å². The number of unbranched alkanes of at least 4 members (excludes halogenated alkanes) is 32. The molecule has 0 aromatic heterocycles. The lowest BCUT2D eigenvalue weighted by molar-refractivity contribution is -0.123. The highest BCUT2D eigenvalue weighted by Gasteiger charge is 2.26. The first kappa shape index (κ1) is 56.0. The Bertz CT molecular complexity index is 948. The number of phosphoric ester groups is 1. The molecule has 3 unspecified atom stereocenters. The molecule has 0 aromatic carbocycles. The molecule has 0 heterocycles. The van der Waals surface area contributed by atoms with Crippen LogP contribution < -0.4 is 11.1 Å². The lowest BCUT2D eigenvalue weighted by atomic mass is 10.0. The Hall–Kier alpha value is -1.02. The van der Waals surface area contributed by atoms with Gasteiger partial charge in [0, 0.05) is 13.0 Å². The van der Waals surface area contributed by atoms with Crippen molar-refractivity contribution in [1.29, 1.82) is 0 Å². The molecular formula is C48H95N2O6P. The minimum absolute atomic E-state index is 0.0761.